The maximum absolute atomic E-state index is 12.0. The van der Waals surface area contributed by atoms with E-state index in [1.807, 2.05) is 20.8 Å². The Morgan fingerprint density at radius 2 is 2.00 bits per heavy atom. The van der Waals surface area contributed by atoms with Crippen molar-refractivity contribution in [2.75, 3.05) is 26.8 Å². The molecule has 1 rings (SSSR count). The Balaban J connectivity index is 2.55. The number of amides is 2. The predicted molar refractivity (Wildman–Crippen MR) is 80.0 cm³/mol. The van der Waals surface area contributed by atoms with Gasteiger partial charge in [-0.05, 0) is 39.5 Å². The largest absolute Gasteiger partial charge is 0.444 e. The standard InChI is InChI=1S/C15H28N2O4/c1-11-6-7-17(13(18)10-20-5)12(8-11)9-16-14(19)21-15(2,3)4/h11-12H,6-10H2,1-5H3,(H,16,19)/t11-,12+/m0/s1. The van der Waals surface area contributed by atoms with Gasteiger partial charge in [-0.15, -0.1) is 0 Å². The number of alkyl carbamates (subject to hydrolysis) is 1. The number of likely N-dealkylation sites (tertiary alicyclic amines) is 1. The minimum absolute atomic E-state index is 0.00363. The van der Waals surface area contributed by atoms with Gasteiger partial charge in [0.2, 0.25) is 5.91 Å². The van der Waals surface area contributed by atoms with Crippen molar-refractivity contribution in [3.8, 4) is 0 Å². The first-order valence-electron chi connectivity index (χ1n) is 7.48. The van der Waals surface area contributed by atoms with E-state index in [4.69, 9.17) is 9.47 Å². The Morgan fingerprint density at radius 3 is 2.57 bits per heavy atom. The lowest BCUT2D eigenvalue weighted by molar-refractivity contribution is -0.139. The Bertz CT molecular complexity index is 365. The minimum atomic E-state index is -0.518. The van der Waals surface area contributed by atoms with Crippen molar-refractivity contribution in [2.45, 2.75) is 52.2 Å². The molecule has 0 unspecified atom stereocenters. The van der Waals surface area contributed by atoms with E-state index in [2.05, 4.69) is 12.2 Å². The first-order valence-corrected chi connectivity index (χ1v) is 7.48. The second-order valence-electron chi connectivity index (χ2n) is 6.69. The van der Waals surface area contributed by atoms with E-state index in [1.165, 1.54) is 7.11 Å². The fraction of sp³-hybridized carbons (Fsp3) is 0.867. The van der Waals surface area contributed by atoms with Crippen LogP contribution in [0.25, 0.3) is 0 Å². The second kappa shape index (κ2) is 7.64. The number of hydrogen-bond donors (Lipinski definition) is 1. The monoisotopic (exact) mass is 300 g/mol. The van der Waals surface area contributed by atoms with Gasteiger partial charge < -0.3 is 19.7 Å². The third-order valence-electron chi connectivity index (χ3n) is 3.45. The fourth-order valence-electron chi connectivity index (χ4n) is 2.50. The first kappa shape index (κ1) is 17.8. The van der Waals surface area contributed by atoms with Gasteiger partial charge in [-0.25, -0.2) is 4.79 Å². The smallest absolute Gasteiger partial charge is 0.407 e. The number of carbonyl (C=O) groups excluding carboxylic acids is 2. The topological polar surface area (TPSA) is 67.9 Å². The summed E-state index contributed by atoms with van der Waals surface area (Å²) in [4.78, 5) is 25.6. The van der Waals surface area contributed by atoms with Crippen LogP contribution >= 0.6 is 0 Å². The van der Waals surface area contributed by atoms with Crippen LogP contribution in [0.5, 0.6) is 0 Å². The molecule has 0 spiro atoms. The fourth-order valence-corrected chi connectivity index (χ4v) is 2.50. The van der Waals surface area contributed by atoms with Gasteiger partial charge >= 0.3 is 6.09 Å². The zero-order valence-corrected chi connectivity index (χ0v) is 13.8. The predicted octanol–water partition coefficient (Wildman–Crippen LogP) is 1.78. The molecule has 1 aliphatic rings. The van der Waals surface area contributed by atoms with E-state index in [0.717, 1.165) is 12.8 Å². The number of rotatable bonds is 4. The van der Waals surface area contributed by atoms with E-state index in [1.54, 1.807) is 4.90 Å². The maximum atomic E-state index is 12.0. The van der Waals surface area contributed by atoms with Crippen LogP contribution in [0.4, 0.5) is 4.79 Å². The molecule has 0 aliphatic carbocycles. The summed E-state index contributed by atoms with van der Waals surface area (Å²) in [6.45, 7) is 8.84. The van der Waals surface area contributed by atoms with E-state index in [0.29, 0.717) is 19.0 Å². The summed E-state index contributed by atoms with van der Waals surface area (Å²) in [5, 5.41) is 2.76. The molecule has 1 saturated heterocycles. The van der Waals surface area contributed by atoms with Gasteiger partial charge in [0.25, 0.3) is 0 Å². The Kier molecular flexibility index (Phi) is 6.45. The normalized spacial score (nSPS) is 22.8. The highest BCUT2D eigenvalue weighted by Crippen LogP contribution is 2.22. The number of nitrogens with one attached hydrogen (secondary N) is 1. The van der Waals surface area contributed by atoms with Gasteiger partial charge in [0.15, 0.2) is 0 Å². The van der Waals surface area contributed by atoms with Crippen molar-refractivity contribution in [3.63, 3.8) is 0 Å². The molecule has 0 saturated carbocycles. The Morgan fingerprint density at radius 1 is 1.33 bits per heavy atom. The molecule has 1 aliphatic heterocycles. The number of ether oxygens (including phenoxy) is 2. The summed E-state index contributed by atoms with van der Waals surface area (Å²) in [6.07, 6.45) is 1.42. The Hall–Kier alpha value is -1.30. The molecule has 1 fully saturated rings. The zero-order valence-electron chi connectivity index (χ0n) is 13.8. The van der Waals surface area contributed by atoms with Crippen molar-refractivity contribution in [3.05, 3.63) is 0 Å². The van der Waals surface area contributed by atoms with Gasteiger partial charge in [0, 0.05) is 26.2 Å². The van der Waals surface area contributed by atoms with Crippen molar-refractivity contribution in [1.29, 1.82) is 0 Å². The summed E-state index contributed by atoms with van der Waals surface area (Å²) >= 11 is 0. The molecule has 1 heterocycles. The number of hydrogen-bond acceptors (Lipinski definition) is 4. The molecule has 0 radical (unpaired) electrons. The molecule has 0 aromatic heterocycles. The van der Waals surface area contributed by atoms with Crippen LogP contribution in [0.3, 0.4) is 0 Å². The van der Waals surface area contributed by atoms with Gasteiger partial charge in [0.1, 0.15) is 12.2 Å². The lowest BCUT2D eigenvalue weighted by Gasteiger charge is -2.38. The summed E-state index contributed by atoms with van der Waals surface area (Å²) in [6, 6.07) is 0.00363. The quantitative estimate of drug-likeness (QED) is 0.859. The van der Waals surface area contributed by atoms with Crippen LogP contribution < -0.4 is 5.32 Å². The molecule has 6 heteroatoms. The second-order valence-corrected chi connectivity index (χ2v) is 6.69. The van der Waals surface area contributed by atoms with Gasteiger partial charge in [0.05, 0.1) is 0 Å². The number of piperidine rings is 1. The third kappa shape index (κ3) is 6.33. The molecule has 0 aromatic carbocycles. The van der Waals surface area contributed by atoms with E-state index < -0.39 is 11.7 Å². The molecule has 0 aromatic rings. The van der Waals surface area contributed by atoms with Crippen LogP contribution in [0.2, 0.25) is 0 Å². The molecule has 21 heavy (non-hydrogen) atoms. The number of carbonyl (C=O) groups is 2. The third-order valence-corrected chi connectivity index (χ3v) is 3.45. The van der Waals surface area contributed by atoms with Gasteiger partial charge in [-0.1, -0.05) is 6.92 Å². The maximum Gasteiger partial charge on any atom is 0.407 e. The summed E-state index contributed by atoms with van der Waals surface area (Å²) < 4.78 is 10.1. The van der Waals surface area contributed by atoms with E-state index in [-0.39, 0.29) is 18.6 Å². The SMILES string of the molecule is COCC(=O)N1CC[C@H](C)C[C@@H]1CNC(=O)OC(C)(C)C. The molecular formula is C15H28N2O4. The molecule has 0 bridgehead atoms. The molecule has 1 N–H and O–H groups in total. The van der Waals surface area contributed by atoms with Crippen LogP contribution in [-0.2, 0) is 14.3 Å². The summed E-state index contributed by atoms with van der Waals surface area (Å²) in [7, 11) is 1.51. The van der Waals surface area contributed by atoms with Crippen molar-refractivity contribution in [1.82, 2.24) is 10.2 Å². The van der Waals surface area contributed by atoms with Crippen LogP contribution in [0, 0.1) is 5.92 Å². The highest BCUT2D eigenvalue weighted by molar-refractivity contribution is 5.78. The van der Waals surface area contributed by atoms with Crippen LogP contribution in [0.15, 0.2) is 0 Å². The molecule has 2 amide bonds. The molecule has 2 atom stereocenters. The average molecular weight is 300 g/mol. The minimum Gasteiger partial charge on any atom is -0.444 e. The number of nitrogens with zero attached hydrogens (tertiary/aromatic N) is 1. The Labute approximate surface area is 127 Å². The van der Waals surface area contributed by atoms with Gasteiger partial charge in [-0.2, -0.15) is 0 Å². The first-order chi connectivity index (χ1) is 9.73. The van der Waals surface area contributed by atoms with Crippen molar-refractivity contribution in [2.24, 2.45) is 5.92 Å². The van der Waals surface area contributed by atoms with Gasteiger partial charge in [-0.3, -0.25) is 4.79 Å². The van der Waals surface area contributed by atoms with Crippen molar-refractivity contribution >= 4 is 12.0 Å². The highest BCUT2D eigenvalue weighted by Gasteiger charge is 2.30. The summed E-state index contributed by atoms with van der Waals surface area (Å²) in [5.74, 6) is 0.516. The lowest BCUT2D eigenvalue weighted by Crippen LogP contribution is -2.52. The van der Waals surface area contributed by atoms with E-state index in [9.17, 15) is 9.59 Å². The summed E-state index contributed by atoms with van der Waals surface area (Å²) in [5.41, 5.74) is -0.518. The van der Waals surface area contributed by atoms with Crippen LogP contribution in [0.1, 0.15) is 40.5 Å². The molecule has 6 nitrogen and oxygen atoms in total. The lowest BCUT2D eigenvalue weighted by atomic mass is 9.92. The average Bonchev–Trinajstić information content (AvgIpc) is 2.34. The van der Waals surface area contributed by atoms with E-state index >= 15 is 0 Å². The zero-order chi connectivity index (χ0) is 16.0. The van der Waals surface area contributed by atoms with Crippen LogP contribution in [-0.4, -0.2) is 55.3 Å². The van der Waals surface area contributed by atoms with Crippen molar-refractivity contribution < 1.29 is 19.1 Å². The molecular weight excluding hydrogens is 272 g/mol. The number of methoxy groups -OCH3 is 1. The molecule has 122 valence electrons. The highest BCUT2D eigenvalue weighted by atomic mass is 16.6.